The van der Waals surface area contributed by atoms with Crippen LogP contribution in [0.3, 0.4) is 0 Å². The van der Waals surface area contributed by atoms with Crippen LogP contribution in [0, 0.1) is 6.92 Å². The Hall–Kier alpha value is -3.60. The van der Waals surface area contributed by atoms with E-state index in [0.29, 0.717) is 17.4 Å². The molecule has 0 bridgehead atoms. The van der Waals surface area contributed by atoms with Gasteiger partial charge in [0, 0.05) is 5.56 Å². The van der Waals surface area contributed by atoms with Gasteiger partial charge in [-0.3, -0.25) is 4.79 Å². The first-order valence-electron chi connectivity index (χ1n) is 8.82. The molecular formula is C23H21NO4. The molecule has 3 rings (SSSR count). The van der Waals surface area contributed by atoms with E-state index in [0.717, 1.165) is 28.9 Å². The zero-order valence-electron chi connectivity index (χ0n) is 15.8. The first-order chi connectivity index (χ1) is 13.7. The zero-order chi connectivity index (χ0) is 19.8. The summed E-state index contributed by atoms with van der Waals surface area (Å²) < 4.78 is 17.1. The minimum Gasteiger partial charge on any atom is -0.493 e. The Kier molecular flexibility index (Phi) is 6.41. The minimum atomic E-state index is 0.274. The molecule has 0 amide bonds. The number of aromatic nitrogens is 1. The van der Waals surface area contributed by atoms with Gasteiger partial charge >= 0.3 is 0 Å². The van der Waals surface area contributed by atoms with Gasteiger partial charge < -0.3 is 13.9 Å². The molecule has 0 spiro atoms. The molecule has 0 radical (unpaired) electrons. The molecule has 0 aliphatic carbocycles. The summed E-state index contributed by atoms with van der Waals surface area (Å²) in [5.41, 5.74) is 2.60. The Morgan fingerprint density at radius 1 is 1.04 bits per heavy atom. The first kappa shape index (κ1) is 19.2. The normalized spacial score (nSPS) is 11.2. The van der Waals surface area contributed by atoms with Crippen molar-refractivity contribution in [1.29, 1.82) is 0 Å². The quantitative estimate of drug-likeness (QED) is 0.315. The lowest BCUT2D eigenvalue weighted by molar-refractivity contribution is -0.104. The van der Waals surface area contributed by atoms with Gasteiger partial charge in [0.25, 0.3) is 0 Å². The molecule has 0 fully saturated rings. The van der Waals surface area contributed by atoms with Crippen molar-refractivity contribution in [3.8, 4) is 23.0 Å². The van der Waals surface area contributed by atoms with E-state index in [9.17, 15) is 4.79 Å². The number of aryl methyl sites for hydroxylation is 1. The van der Waals surface area contributed by atoms with Crippen LogP contribution in [0.25, 0.3) is 17.5 Å². The number of hydrogen-bond donors (Lipinski definition) is 0. The summed E-state index contributed by atoms with van der Waals surface area (Å²) in [4.78, 5) is 14.8. The fraction of sp³-hybridized carbons (Fsp3) is 0.130. The van der Waals surface area contributed by atoms with Gasteiger partial charge in [-0.2, -0.15) is 0 Å². The lowest BCUT2D eigenvalue weighted by Gasteiger charge is -2.10. The lowest BCUT2D eigenvalue weighted by Crippen LogP contribution is -1.99. The topological polar surface area (TPSA) is 61.6 Å². The molecule has 0 saturated carbocycles. The zero-order valence-corrected chi connectivity index (χ0v) is 15.8. The Morgan fingerprint density at radius 3 is 2.61 bits per heavy atom. The fourth-order valence-electron chi connectivity index (χ4n) is 2.60. The second kappa shape index (κ2) is 9.37. The third-order valence-corrected chi connectivity index (χ3v) is 4.05. The molecule has 1 aromatic heterocycles. The fourth-order valence-corrected chi connectivity index (χ4v) is 2.60. The molecule has 2 aromatic carbocycles. The molecule has 0 aliphatic rings. The Bertz CT molecular complexity index is 987. The number of oxazole rings is 1. The van der Waals surface area contributed by atoms with Crippen molar-refractivity contribution in [2.24, 2.45) is 0 Å². The van der Waals surface area contributed by atoms with E-state index in [2.05, 4.69) is 4.98 Å². The van der Waals surface area contributed by atoms with Gasteiger partial charge in [0.05, 0.1) is 7.11 Å². The van der Waals surface area contributed by atoms with E-state index in [4.69, 9.17) is 13.9 Å². The highest BCUT2D eigenvalue weighted by Gasteiger charge is 2.13. The molecule has 0 N–H and O–H groups in total. The van der Waals surface area contributed by atoms with Crippen molar-refractivity contribution in [2.75, 3.05) is 7.11 Å². The molecule has 28 heavy (non-hydrogen) atoms. The molecule has 5 nitrogen and oxygen atoms in total. The predicted molar refractivity (Wildman–Crippen MR) is 108 cm³/mol. The maximum atomic E-state index is 10.3. The number of aldehydes is 1. The van der Waals surface area contributed by atoms with Crippen LogP contribution in [0.5, 0.6) is 11.5 Å². The Balaban J connectivity index is 1.72. The number of methoxy groups -OCH3 is 1. The smallest absolute Gasteiger partial charge is 0.226 e. The number of rotatable bonds is 8. The van der Waals surface area contributed by atoms with Crippen LogP contribution >= 0.6 is 0 Å². The summed E-state index contributed by atoms with van der Waals surface area (Å²) in [5, 5.41) is 0. The van der Waals surface area contributed by atoms with Gasteiger partial charge in [-0.15, -0.1) is 0 Å². The van der Waals surface area contributed by atoms with E-state index in [-0.39, 0.29) is 6.61 Å². The third-order valence-electron chi connectivity index (χ3n) is 4.05. The van der Waals surface area contributed by atoms with Crippen molar-refractivity contribution < 1.29 is 18.7 Å². The molecule has 5 heteroatoms. The Morgan fingerprint density at radius 2 is 1.86 bits per heavy atom. The van der Waals surface area contributed by atoms with Gasteiger partial charge in [0.15, 0.2) is 11.5 Å². The standard InChI is InChI=1S/C23H21NO4/c1-17-20(24-23(28-17)19-10-6-3-7-11-19)16-27-21-13-12-18(15-22(21)26-2)9-5-4-8-14-25/h3-15H,16H2,1-2H3/b8-4+,9-5+. The van der Waals surface area contributed by atoms with E-state index in [1.54, 1.807) is 19.3 Å². The number of ether oxygens (including phenoxy) is 2. The maximum Gasteiger partial charge on any atom is 0.226 e. The first-order valence-corrected chi connectivity index (χ1v) is 8.82. The van der Waals surface area contributed by atoms with Crippen LogP contribution in [-0.2, 0) is 11.4 Å². The molecule has 3 aromatic rings. The van der Waals surface area contributed by atoms with Crippen LogP contribution in [0.2, 0.25) is 0 Å². The van der Waals surface area contributed by atoms with Crippen LogP contribution in [-0.4, -0.2) is 18.4 Å². The maximum absolute atomic E-state index is 10.3. The third kappa shape index (κ3) is 4.76. The van der Waals surface area contributed by atoms with Crippen molar-refractivity contribution in [2.45, 2.75) is 13.5 Å². The van der Waals surface area contributed by atoms with Gasteiger partial charge in [-0.25, -0.2) is 4.98 Å². The van der Waals surface area contributed by atoms with Gasteiger partial charge in [-0.05, 0) is 42.8 Å². The molecule has 0 atom stereocenters. The minimum absolute atomic E-state index is 0.274. The SMILES string of the molecule is COc1cc(/C=C/C=C/C=O)ccc1OCc1nc(-c2ccccc2)oc1C. The molecule has 142 valence electrons. The largest absolute Gasteiger partial charge is 0.493 e. The van der Waals surface area contributed by atoms with Crippen LogP contribution in [0.15, 0.2) is 71.2 Å². The summed E-state index contributed by atoms with van der Waals surface area (Å²) in [6.45, 7) is 2.14. The molecule has 1 heterocycles. The average Bonchev–Trinajstić information content (AvgIpc) is 3.11. The highest BCUT2D eigenvalue weighted by Crippen LogP contribution is 2.30. The number of carbonyl (C=O) groups excluding carboxylic acids is 1. The van der Waals surface area contributed by atoms with E-state index in [1.165, 1.54) is 6.08 Å². The van der Waals surface area contributed by atoms with Gasteiger partial charge in [-0.1, -0.05) is 42.5 Å². The van der Waals surface area contributed by atoms with Crippen LogP contribution < -0.4 is 9.47 Å². The van der Waals surface area contributed by atoms with Gasteiger partial charge in [0.2, 0.25) is 5.89 Å². The average molecular weight is 375 g/mol. The predicted octanol–water partition coefficient (Wildman–Crippen LogP) is 5.01. The van der Waals surface area contributed by atoms with Crippen molar-refractivity contribution >= 4 is 12.4 Å². The highest BCUT2D eigenvalue weighted by molar-refractivity contribution is 5.66. The Labute approximate surface area is 163 Å². The summed E-state index contributed by atoms with van der Waals surface area (Å²) in [7, 11) is 1.59. The van der Waals surface area contributed by atoms with E-state index < -0.39 is 0 Å². The number of nitrogens with zero attached hydrogens (tertiary/aromatic N) is 1. The monoisotopic (exact) mass is 375 g/mol. The summed E-state index contributed by atoms with van der Waals surface area (Å²) >= 11 is 0. The highest BCUT2D eigenvalue weighted by atomic mass is 16.5. The molecule has 0 unspecified atom stereocenters. The lowest BCUT2D eigenvalue weighted by atomic mass is 10.2. The molecule has 0 aliphatic heterocycles. The number of benzene rings is 2. The van der Waals surface area contributed by atoms with Crippen LogP contribution in [0.1, 0.15) is 17.0 Å². The summed E-state index contributed by atoms with van der Waals surface area (Å²) in [5.74, 6) is 2.53. The van der Waals surface area contributed by atoms with E-state index in [1.807, 2.05) is 61.5 Å². The molecule has 0 saturated heterocycles. The number of allylic oxidation sites excluding steroid dienone is 3. The van der Waals surface area contributed by atoms with E-state index >= 15 is 0 Å². The van der Waals surface area contributed by atoms with Crippen LogP contribution in [0.4, 0.5) is 0 Å². The summed E-state index contributed by atoms with van der Waals surface area (Å²) in [6.07, 6.45) is 7.49. The van der Waals surface area contributed by atoms with Crippen molar-refractivity contribution in [1.82, 2.24) is 4.98 Å². The second-order valence-corrected chi connectivity index (χ2v) is 5.97. The summed E-state index contributed by atoms with van der Waals surface area (Å²) in [6, 6.07) is 15.4. The number of carbonyl (C=O) groups is 1. The van der Waals surface area contributed by atoms with Crippen molar-refractivity contribution in [3.05, 3.63) is 83.8 Å². The van der Waals surface area contributed by atoms with Crippen molar-refractivity contribution in [3.63, 3.8) is 0 Å². The number of hydrogen-bond acceptors (Lipinski definition) is 5. The second-order valence-electron chi connectivity index (χ2n) is 5.97. The molecular weight excluding hydrogens is 354 g/mol. The van der Waals surface area contributed by atoms with Gasteiger partial charge in [0.1, 0.15) is 24.3 Å².